The summed E-state index contributed by atoms with van der Waals surface area (Å²) in [6.07, 6.45) is 0.979. The molecular weight excluding hydrogens is 238 g/mol. The quantitative estimate of drug-likeness (QED) is 0.889. The van der Waals surface area contributed by atoms with Gasteiger partial charge in [0.2, 0.25) is 0 Å². The molecule has 1 aliphatic heterocycles. The zero-order valence-corrected chi connectivity index (χ0v) is 11.4. The van der Waals surface area contributed by atoms with Gasteiger partial charge in [-0.05, 0) is 24.2 Å². The molecule has 0 fully saturated rings. The van der Waals surface area contributed by atoms with E-state index in [2.05, 4.69) is 18.0 Å². The van der Waals surface area contributed by atoms with Gasteiger partial charge in [0.05, 0.1) is 7.11 Å². The lowest BCUT2D eigenvalue weighted by Crippen LogP contribution is -2.29. The van der Waals surface area contributed by atoms with Gasteiger partial charge in [0.1, 0.15) is 11.3 Å². The van der Waals surface area contributed by atoms with Gasteiger partial charge in [-0.15, -0.1) is 0 Å². The summed E-state index contributed by atoms with van der Waals surface area (Å²) >= 11 is 0. The Labute approximate surface area is 113 Å². The first-order valence-electron chi connectivity index (χ1n) is 6.60. The highest BCUT2D eigenvalue weighted by Gasteiger charge is 2.20. The summed E-state index contributed by atoms with van der Waals surface area (Å²) in [5.74, 6) is 0.828. The van der Waals surface area contributed by atoms with Crippen molar-refractivity contribution in [2.75, 3.05) is 20.7 Å². The molecule has 0 aliphatic carbocycles. The van der Waals surface area contributed by atoms with Gasteiger partial charge in [-0.3, -0.25) is 0 Å². The smallest absolute Gasteiger partial charge is 0.145 e. The molecule has 0 saturated carbocycles. The van der Waals surface area contributed by atoms with E-state index in [9.17, 15) is 0 Å². The highest BCUT2D eigenvalue weighted by molar-refractivity contribution is 5.88. The van der Waals surface area contributed by atoms with Gasteiger partial charge >= 0.3 is 0 Å². The molecule has 1 aromatic carbocycles. The normalized spacial score (nSPS) is 15.5. The average Bonchev–Trinajstić information content (AvgIpc) is 2.44. The zero-order chi connectivity index (χ0) is 13.4. The largest absolute Gasteiger partial charge is 0.494 e. The fraction of sp³-hybridized carbons (Fsp3) is 0.400. The highest BCUT2D eigenvalue weighted by Crippen LogP contribution is 2.31. The van der Waals surface area contributed by atoms with Crippen molar-refractivity contribution in [3.05, 3.63) is 35.0 Å². The molecule has 2 aromatic rings. The van der Waals surface area contributed by atoms with Crippen LogP contribution in [0, 0.1) is 0 Å². The van der Waals surface area contributed by atoms with E-state index in [0.717, 1.165) is 36.2 Å². The first-order valence-corrected chi connectivity index (χ1v) is 6.60. The molecule has 100 valence electrons. The van der Waals surface area contributed by atoms with Gasteiger partial charge in [-0.1, -0.05) is 12.1 Å². The number of ether oxygens (including phenoxy) is 1. The molecular formula is C15H19N3O. The number of benzene rings is 1. The van der Waals surface area contributed by atoms with Crippen LogP contribution in [0.25, 0.3) is 10.9 Å². The fourth-order valence-corrected chi connectivity index (χ4v) is 2.86. The number of pyridine rings is 1. The number of nitrogens with zero attached hydrogens (tertiary/aromatic N) is 2. The molecule has 4 heteroatoms. The van der Waals surface area contributed by atoms with E-state index in [0.29, 0.717) is 6.54 Å². The first-order chi connectivity index (χ1) is 9.24. The molecule has 0 unspecified atom stereocenters. The maximum absolute atomic E-state index is 5.99. The van der Waals surface area contributed by atoms with Crippen LogP contribution in [0.15, 0.2) is 18.2 Å². The highest BCUT2D eigenvalue weighted by atomic mass is 16.5. The second-order valence-corrected chi connectivity index (χ2v) is 5.06. The predicted molar refractivity (Wildman–Crippen MR) is 76.2 cm³/mol. The van der Waals surface area contributed by atoms with E-state index in [4.69, 9.17) is 15.5 Å². The van der Waals surface area contributed by atoms with E-state index in [-0.39, 0.29) is 0 Å². The Morgan fingerprint density at radius 1 is 1.42 bits per heavy atom. The Balaban J connectivity index is 2.32. The molecule has 0 atom stereocenters. The molecule has 0 radical (unpaired) electrons. The number of aromatic nitrogens is 1. The lowest BCUT2D eigenvalue weighted by atomic mass is 9.96. The standard InChI is InChI=1S/C15H19N3O/c1-18-7-6-13-12(9-18)11(8-16)10-4-3-5-14(19-2)15(10)17-13/h3-5H,6-9,16H2,1-2H3. The summed E-state index contributed by atoms with van der Waals surface area (Å²) in [7, 11) is 3.82. The van der Waals surface area contributed by atoms with Crippen LogP contribution in [0.1, 0.15) is 16.8 Å². The molecule has 19 heavy (non-hydrogen) atoms. The number of nitrogens with two attached hydrogens (primary N) is 1. The maximum atomic E-state index is 5.99. The van der Waals surface area contributed by atoms with Crippen molar-refractivity contribution >= 4 is 10.9 Å². The van der Waals surface area contributed by atoms with Gasteiger partial charge < -0.3 is 15.4 Å². The fourth-order valence-electron chi connectivity index (χ4n) is 2.86. The number of rotatable bonds is 2. The van der Waals surface area contributed by atoms with Crippen LogP contribution in [0.4, 0.5) is 0 Å². The van der Waals surface area contributed by atoms with E-state index < -0.39 is 0 Å². The number of likely N-dealkylation sites (N-methyl/N-ethyl adjacent to an activating group) is 1. The summed E-state index contributed by atoms with van der Waals surface area (Å²) in [6.45, 7) is 2.52. The minimum atomic E-state index is 0.544. The van der Waals surface area contributed by atoms with Crippen molar-refractivity contribution in [1.82, 2.24) is 9.88 Å². The molecule has 1 aromatic heterocycles. The number of fused-ring (bicyclic) bond motifs is 2. The summed E-state index contributed by atoms with van der Waals surface area (Å²) in [6, 6.07) is 6.04. The van der Waals surface area contributed by atoms with E-state index in [1.165, 1.54) is 16.8 Å². The third-order valence-electron chi connectivity index (χ3n) is 3.87. The molecule has 0 amide bonds. The third-order valence-corrected chi connectivity index (χ3v) is 3.87. The molecule has 0 bridgehead atoms. The summed E-state index contributed by atoms with van der Waals surface area (Å²) in [5, 5.41) is 1.12. The van der Waals surface area contributed by atoms with Crippen LogP contribution in [0.5, 0.6) is 5.75 Å². The van der Waals surface area contributed by atoms with Crippen molar-refractivity contribution in [2.45, 2.75) is 19.5 Å². The van der Waals surface area contributed by atoms with Gasteiger partial charge in [-0.25, -0.2) is 4.98 Å². The number of hydrogen-bond acceptors (Lipinski definition) is 4. The monoisotopic (exact) mass is 257 g/mol. The second kappa shape index (κ2) is 4.79. The van der Waals surface area contributed by atoms with Crippen molar-refractivity contribution in [3.63, 3.8) is 0 Å². The summed E-state index contributed by atoms with van der Waals surface area (Å²) in [4.78, 5) is 7.14. The van der Waals surface area contributed by atoms with Crippen LogP contribution in [-0.4, -0.2) is 30.6 Å². The van der Waals surface area contributed by atoms with Crippen molar-refractivity contribution in [3.8, 4) is 5.75 Å². The SMILES string of the molecule is COc1cccc2c(CN)c3c(nc12)CCN(C)C3. The third kappa shape index (κ3) is 1.97. The van der Waals surface area contributed by atoms with Crippen LogP contribution >= 0.6 is 0 Å². The molecule has 1 aliphatic rings. The first kappa shape index (κ1) is 12.4. The molecule has 3 rings (SSSR count). The number of methoxy groups -OCH3 is 1. The van der Waals surface area contributed by atoms with Crippen molar-refractivity contribution < 1.29 is 4.74 Å². The average molecular weight is 257 g/mol. The lowest BCUT2D eigenvalue weighted by Gasteiger charge is -2.27. The summed E-state index contributed by atoms with van der Waals surface area (Å²) < 4.78 is 5.43. The number of hydrogen-bond donors (Lipinski definition) is 1. The topological polar surface area (TPSA) is 51.4 Å². The lowest BCUT2D eigenvalue weighted by molar-refractivity contribution is 0.309. The van der Waals surface area contributed by atoms with E-state index in [1.54, 1.807) is 7.11 Å². The summed E-state index contributed by atoms with van der Waals surface area (Å²) in [5.41, 5.74) is 10.6. The molecule has 0 saturated heterocycles. The maximum Gasteiger partial charge on any atom is 0.145 e. The predicted octanol–water partition coefficient (Wildman–Crippen LogP) is 1.69. The molecule has 4 nitrogen and oxygen atoms in total. The Morgan fingerprint density at radius 2 is 2.26 bits per heavy atom. The van der Waals surface area contributed by atoms with Gasteiger partial charge in [0.15, 0.2) is 0 Å². The van der Waals surface area contributed by atoms with Crippen LogP contribution in [0.3, 0.4) is 0 Å². The molecule has 0 spiro atoms. The zero-order valence-electron chi connectivity index (χ0n) is 11.4. The molecule has 2 heterocycles. The van der Waals surface area contributed by atoms with Gasteiger partial charge in [-0.2, -0.15) is 0 Å². The Kier molecular flexibility index (Phi) is 3.12. The number of para-hydroxylation sites is 1. The van der Waals surface area contributed by atoms with Gasteiger partial charge in [0, 0.05) is 37.1 Å². The van der Waals surface area contributed by atoms with Crippen LogP contribution < -0.4 is 10.5 Å². The van der Waals surface area contributed by atoms with E-state index >= 15 is 0 Å². The van der Waals surface area contributed by atoms with E-state index in [1.807, 2.05) is 12.1 Å². The Bertz CT molecular complexity index is 624. The minimum Gasteiger partial charge on any atom is -0.494 e. The van der Waals surface area contributed by atoms with Crippen molar-refractivity contribution in [2.24, 2.45) is 5.73 Å². The van der Waals surface area contributed by atoms with Crippen LogP contribution in [0.2, 0.25) is 0 Å². The minimum absolute atomic E-state index is 0.544. The van der Waals surface area contributed by atoms with Crippen LogP contribution in [-0.2, 0) is 19.5 Å². The second-order valence-electron chi connectivity index (χ2n) is 5.06. The molecule has 2 N–H and O–H groups in total. The Hall–Kier alpha value is -1.65. The van der Waals surface area contributed by atoms with Gasteiger partial charge in [0.25, 0.3) is 0 Å². The Morgan fingerprint density at radius 3 is 3.00 bits per heavy atom. The van der Waals surface area contributed by atoms with Crippen molar-refractivity contribution in [1.29, 1.82) is 0 Å².